The van der Waals surface area contributed by atoms with Crippen molar-refractivity contribution in [1.29, 1.82) is 5.26 Å². The van der Waals surface area contributed by atoms with Gasteiger partial charge in [-0.05, 0) is 57.6 Å². The summed E-state index contributed by atoms with van der Waals surface area (Å²) in [6.45, 7) is 0. The van der Waals surface area contributed by atoms with E-state index in [4.69, 9.17) is 29.9 Å². The zero-order chi connectivity index (χ0) is 41.7. The van der Waals surface area contributed by atoms with Crippen molar-refractivity contribution in [1.82, 2.24) is 29.9 Å². The molecule has 2 aromatic heterocycles. The summed E-state index contributed by atoms with van der Waals surface area (Å²) in [6.07, 6.45) is 0. The lowest BCUT2D eigenvalue weighted by Crippen LogP contribution is -2.00. The molecule has 0 aliphatic carbocycles. The molecule has 0 radical (unpaired) electrons. The molecule has 0 spiro atoms. The molecule has 0 unspecified atom stereocenters. The molecule has 2 heterocycles. The molecule has 7 nitrogen and oxygen atoms in total. The third kappa shape index (κ3) is 7.87. The van der Waals surface area contributed by atoms with Gasteiger partial charge < -0.3 is 0 Å². The van der Waals surface area contributed by atoms with Gasteiger partial charge in [-0.15, -0.1) is 0 Å². The number of rotatable bonds is 9. The smallest absolute Gasteiger partial charge is 0.164 e. The molecule has 8 aromatic carbocycles. The summed E-state index contributed by atoms with van der Waals surface area (Å²) in [4.78, 5) is 29.5. The van der Waals surface area contributed by atoms with Crippen LogP contribution in [0.3, 0.4) is 0 Å². The lowest BCUT2D eigenvalue weighted by Gasteiger charge is -2.14. The van der Waals surface area contributed by atoms with E-state index in [-0.39, 0.29) is 0 Å². The molecular weight excluding hydrogens is 759 g/mol. The van der Waals surface area contributed by atoms with Crippen molar-refractivity contribution in [3.05, 3.63) is 218 Å². The van der Waals surface area contributed by atoms with E-state index in [1.165, 1.54) is 0 Å². The summed E-state index contributed by atoms with van der Waals surface area (Å²) in [6, 6.07) is 73.0. The van der Waals surface area contributed by atoms with Gasteiger partial charge in [-0.25, -0.2) is 29.9 Å². The highest BCUT2D eigenvalue weighted by molar-refractivity contribution is 5.87. The van der Waals surface area contributed by atoms with E-state index in [0.29, 0.717) is 40.5 Å². The molecule has 290 valence electrons. The predicted molar refractivity (Wildman–Crippen MR) is 247 cm³/mol. The van der Waals surface area contributed by atoms with Gasteiger partial charge in [0.2, 0.25) is 0 Å². The molecule has 0 N–H and O–H groups in total. The fraction of sp³-hybridized carbons (Fsp3) is 0. The van der Waals surface area contributed by atoms with Gasteiger partial charge in [0, 0.05) is 33.4 Å². The minimum Gasteiger partial charge on any atom is -0.208 e. The molecule has 0 atom stereocenters. The van der Waals surface area contributed by atoms with Crippen LogP contribution in [-0.4, -0.2) is 29.9 Å². The van der Waals surface area contributed by atoms with Gasteiger partial charge in [0.05, 0.1) is 11.6 Å². The molecule has 0 saturated heterocycles. The quantitative estimate of drug-likeness (QED) is 0.143. The largest absolute Gasteiger partial charge is 0.208 e. The monoisotopic (exact) mass is 793 g/mol. The van der Waals surface area contributed by atoms with Crippen LogP contribution in [0.5, 0.6) is 0 Å². The van der Waals surface area contributed by atoms with Crippen LogP contribution in [0.2, 0.25) is 0 Å². The van der Waals surface area contributed by atoms with Crippen LogP contribution in [0.1, 0.15) is 5.56 Å². The van der Waals surface area contributed by atoms with Crippen molar-refractivity contribution in [2.24, 2.45) is 0 Å². The van der Waals surface area contributed by atoms with Gasteiger partial charge in [-0.2, -0.15) is 5.26 Å². The van der Waals surface area contributed by atoms with Crippen molar-refractivity contribution in [2.75, 3.05) is 0 Å². The topological polar surface area (TPSA) is 101 Å². The first kappa shape index (κ1) is 37.5. The Bertz CT molecular complexity index is 3110. The van der Waals surface area contributed by atoms with Crippen LogP contribution in [0.4, 0.5) is 0 Å². The molecule has 0 aliphatic rings. The van der Waals surface area contributed by atoms with Crippen LogP contribution in [0, 0.1) is 11.3 Å². The van der Waals surface area contributed by atoms with Crippen molar-refractivity contribution < 1.29 is 0 Å². The van der Waals surface area contributed by atoms with Gasteiger partial charge >= 0.3 is 0 Å². The van der Waals surface area contributed by atoms with Crippen LogP contribution in [0.15, 0.2) is 212 Å². The maximum absolute atomic E-state index is 10.3. The number of nitrogens with zero attached hydrogens (tertiary/aromatic N) is 7. The van der Waals surface area contributed by atoms with E-state index in [1.54, 1.807) is 0 Å². The molecular formula is C55H35N7. The summed E-state index contributed by atoms with van der Waals surface area (Å²) in [5.41, 5.74) is 11.8. The second-order valence-corrected chi connectivity index (χ2v) is 14.7. The standard InChI is InChI=1S/C55H35N7/c56-36-37-32-46(38-28-30-43(31-29-38)54-59-50(39-16-5-1-6-17-39)57-51(60-54)40-18-7-2-8-19-40)35-47(33-37)49-27-14-13-26-48(49)44-24-15-25-45(34-44)55-61-52(41-20-9-3-10-21-41)58-53(62-55)42-22-11-4-12-23-42/h1-35H. The predicted octanol–water partition coefficient (Wildman–Crippen LogP) is 12.9. The van der Waals surface area contributed by atoms with Crippen molar-refractivity contribution in [3.8, 4) is 108 Å². The highest BCUT2D eigenvalue weighted by Gasteiger charge is 2.16. The Morgan fingerprint density at radius 1 is 0.242 bits per heavy atom. The average molecular weight is 794 g/mol. The molecule has 10 aromatic rings. The van der Waals surface area contributed by atoms with Crippen molar-refractivity contribution >= 4 is 0 Å². The number of nitriles is 1. The second kappa shape index (κ2) is 16.9. The zero-order valence-electron chi connectivity index (χ0n) is 33.3. The Morgan fingerprint density at radius 2 is 0.548 bits per heavy atom. The van der Waals surface area contributed by atoms with Crippen LogP contribution in [-0.2, 0) is 0 Å². The fourth-order valence-electron chi connectivity index (χ4n) is 7.51. The van der Waals surface area contributed by atoms with Crippen LogP contribution < -0.4 is 0 Å². The maximum Gasteiger partial charge on any atom is 0.164 e. The van der Waals surface area contributed by atoms with E-state index in [0.717, 1.165) is 66.8 Å². The van der Waals surface area contributed by atoms with Crippen LogP contribution in [0.25, 0.3) is 102 Å². The maximum atomic E-state index is 10.3. The molecule has 0 amide bonds. The Hall–Kier alpha value is -8.73. The Labute approximate surface area is 359 Å². The Balaban J connectivity index is 1.01. The Morgan fingerprint density at radius 3 is 0.984 bits per heavy atom. The molecule has 62 heavy (non-hydrogen) atoms. The van der Waals surface area contributed by atoms with Gasteiger partial charge in [-0.3, -0.25) is 0 Å². The third-order valence-corrected chi connectivity index (χ3v) is 10.6. The van der Waals surface area contributed by atoms with Gasteiger partial charge in [0.15, 0.2) is 34.9 Å². The highest BCUT2D eigenvalue weighted by atomic mass is 15.0. The summed E-state index contributed by atoms with van der Waals surface area (Å²) in [7, 11) is 0. The minimum atomic E-state index is 0.565. The molecule has 0 aliphatic heterocycles. The van der Waals surface area contributed by atoms with Gasteiger partial charge in [-0.1, -0.05) is 188 Å². The highest BCUT2D eigenvalue weighted by Crippen LogP contribution is 2.37. The first-order valence-electron chi connectivity index (χ1n) is 20.3. The van der Waals surface area contributed by atoms with E-state index in [2.05, 4.69) is 48.5 Å². The number of hydrogen-bond acceptors (Lipinski definition) is 7. The zero-order valence-corrected chi connectivity index (χ0v) is 33.3. The number of hydrogen-bond donors (Lipinski definition) is 0. The molecule has 7 heteroatoms. The summed E-state index contributed by atoms with van der Waals surface area (Å²) in [5.74, 6) is 3.59. The van der Waals surface area contributed by atoms with E-state index >= 15 is 0 Å². The fourth-order valence-corrected chi connectivity index (χ4v) is 7.51. The Kier molecular flexibility index (Phi) is 10.2. The van der Waals surface area contributed by atoms with Crippen molar-refractivity contribution in [3.63, 3.8) is 0 Å². The van der Waals surface area contributed by atoms with Crippen LogP contribution >= 0.6 is 0 Å². The normalized spacial score (nSPS) is 10.9. The molecule has 0 saturated carbocycles. The molecule has 0 bridgehead atoms. The average Bonchev–Trinajstić information content (AvgIpc) is 3.37. The van der Waals surface area contributed by atoms with Gasteiger partial charge in [0.25, 0.3) is 0 Å². The third-order valence-electron chi connectivity index (χ3n) is 10.6. The SMILES string of the molecule is N#Cc1cc(-c2ccc(-c3nc(-c4ccccc4)nc(-c4ccccc4)n3)cc2)cc(-c2ccccc2-c2cccc(-c3nc(-c4ccccc4)nc(-c4ccccc4)n3)c2)c1. The first-order valence-corrected chi connectivity index (χ1v) is 20.3. The summed E-state index contributed by atoms with van der Waals surface area (Å²) < 4.78 is 0. The van der Waals surface area contributed by atoms with E-state index in [1.807, 2.05) is 170 Å². The van der Waals surface area contributed by atoms with E-state index < -0.39 is 0 Å². The van der Waals surface area contributed by atoms with Crippen molar-refractivity contribution in [2.45, 2.75) is 0 Å². The lowest BCUT2D eigenvalue weighted by molar-refractivity contribution is 1.07. The lowest BCUT2D eigenvalue weighted by atomic mass is 9.90. The number of aromatic nitrogens is 6. The first-order chi connectivity index (χ1) is 30.6. The van der Waals surface area contributed by atoms with Gasteiger partial charge in [0.1, 0.15) is 0 Å². The minimum absolute atomic E-state index is 0.565. The molecule has 0 fully saturated rings. The van der Waals surface area contributed by atoms with E-state index in [9.17, 15) is 5.26 Å². The number of benzene rings is 8. The second-order valence-electron chi connectivity index (χ2n) is 14.7. The summed E-state index contributed by atoms with van der Waals surface area (Å²) in [5, 5.41) is 10.3. The molecule has 10 rings (SSSR count). The summed E-state index contributed by atoms with van der Waals surface area (Å²) >= 11 is 0.